The van der Waals surface area contributed by atoms with Gasteiger partial charge in [0.2, 0.25) is 0 Å². The molecule has 4 heterocycles. The molecule has 0 unspecified atom stereocenters. The van der Waals surface area contributed by atoms with Crippen molar-refractivity contribution >= 4 is 38.8 Å². The number of carbonyl (C=O) groups excluding carboxylic acids is 2. The molecule has 54 heavy (non-hydrogen) atoms. The van der Waals surface area contributed by atoms with Crippen molar-refractivity contribution in [1.29, 1.82) is 0 Å². The van der Waals surface area contributed by atoms with Gasteiger partial charge >= 0.3 is 18.0 Å². The quantitative estimate of drug-likeness (QED) is 0.191. The van der Waals surface area contributed by atoms with E-state index in [4.69, 9.17) is 0 Å². The van der Waals surface area contributed by atoms with E-state index in [1.165, 1.54) is 33.7 Å². The van der Waals surface area contributed by atoms with Gasteiger partial charge in [-0.2, -0.15) is 26.3 Å². The number of hydrogen-bond donors (Lipinski definition) is 1. The van der Waals surface area contributed by atoms with Gasteiger partial charge in [-0.25, -0.2) is 19.4 Å². The second-order valence-electron chi connectivity index (χ2n) is 12.4. The second kappa shape index (κ2) is 13.9. The molecule has 1 N–H and O–H groups in total. The largest absolute Gasteiger partial charge is 0.417 e. The topological polar surface area (TPSA) is 133 Å². The number of fused-ring (bicyclic) bond motifs is 2. The number of nitrogens with zero attached hydrogens (tertiary/aromatic N) is 8. The molecule has 0 spiro atoms. The van der Waals surface area contributed by atoms with Gasteiger partial charge < -0.3 is 10.2 Å². The van der Waals surface area contributed by atoms with E-state index in [9.17, 15) is 40.7 Å². The summed E-state index contributed by atoms with van der Waals surface area (Å²) in [4.78, 5) is 52.1. The molecule has 0 aliphatic carbocycles. The third kappa shape index (κ3) is 6.97. The second-order valence-corrected chi connectivity index (χ2v) is 13.3. The Balaban J connectivity index is 1.30. The number of amides is 2. The van der Waals surface area contributed by atoms with Crippen molar-refractivity contribution in [2.24, 2.45) is 0 Å². The smallest absolute Gasteiger partial charge is 0.347 e. The molecular weight excluding hydrogens is 788 g/mol. The lowest BCUT2D eigenvalue weighted by Crippen LogP contribution is -2.47. The summed E-state index contributed by atoms with van der Waals surface area (Å²) in [7, 11) is 0. The van der Waals surface area contributed by atoms with Crippen LogP contribution in [0.1, 0.15) is 44.6 Å². The molecule has 3 aromatic carbocycles. The molecule has 0 radical (unpaired) electrons. The number of alkyl halides is 6. The highest BCUT2D eigenvalue weighted by molar-refractivity contribution is 9.10. The van der Waals surface area contributed by atoms with Gasteiger partial charge in [0.1, 0.15) is 17.8 Å². The lowest BCUT2D eigenvalue weighted by atomic mass is 10.1. The van der Waals surface area contributed by atoms with Crippen LogP contribution < -0.4 is 11.0 Å². The fraction of sp³-hybridized carbons (Fsp3) is 0.229. The van der Waals surface area contributed by atoms with E-state index in [2.05, 4.69) is 41.5 Å². The number of benzene rings is 3. The minimum absolute atomic E-state index is 0.0110. The van der Waals surface area contributed by atoms with E-state index < -0.39 is 48.0 Å². The standard InChI is InChI=1S/C35H26BrF6N9O3/c1-19-16-49-28(17-48(19)32(53)20-7-9-25(36)24(13-20)35(40,41)42)29(31(52)45-15-21-5-2-3-6-23(21)30-43-11-4-12-44-30)51(33(49)54)22-8-10-27-26(14-22)46-47-50(27)18-34(37,38)39/h2-14,19H,15-18H2,1H3,(H,45,52)/t19-/m1/s1. The number of imidazole rings is 1. The summed E-state index contributed by atoms with van der Waals surface area (Å²) < 4.78 is 83.5. The van der Waals surface area contributed by atoms with Crippen molar-refractivity contribution in [3.8, 4) is 17.1 Å². The van der Waals surface area contributed by atoms with Crippen LogP contribution in [-0.4, -0.2) is 63.0 Å². The van der Waals surface area contributed by atoms with Crippen LogP contribution in [0.4, 0.5) is 26.3 Å². The van der Waals surface area contributed by atoms with Crippen LogP contribution in [0.15, 0.2) is 88.4 Å². The molecule has 1 aliphatic rings. The molecule has 19 heteroatoms. The van der Waals surface area contributed by atoms with Crippen LogP contribution in [0.3, 0.4) is 0 Å². The highest BCUT2D eigenvalue weighted by Gasteiger charge is 2.38. The zero-order valence-electron chi connectivity index (χ0n) is 27.9. The van der Waals surface area contributed by atoms with Crippen LogP contribution in [0.25, 0.3) is 28.1 Å². The van der Waals surface area contributed by atoms with Gasteiger partial charge in [-0.3, -0.25) is 18.7 Å². The van der Waals surface area contributed by atoms with Gasteiger partial charge in [0.15, 0.2) is 5.82 Å². The van der Waals surface area contributed by atoms with Crippen molar-refractivity contribution in [1.82, 2.24) is 44.3 Å². The molecule has 1 atom stereocenters. The first-order chi connectivity index (χ1) is 25.6. The molecule has 7 rings (SSSR count). The molecule has 6 aromatic rings. The Bertz CT molecular complexity index is 2480. The van der Waals surface area contributed by atoms with Gasteiger partial charge in [0.05, 0.1) is 29.0 Å². The average molecular weight is 815 g/mol. The van der Waals surface area contributed by atoms with E-state index in [0.29, 0.717) is 21.6 Å². The Morgan fingerprint density at radius 2 is 1.70 bits per heavy atom. The molecule has 0 saturated heterocycles. The number of hydrogen-bond acceptors (Lipinski definition) is 7. The first kappa shape index (κ1) is 36.5. The SMILES string of the molecule is C[C@@H]1Cn2c(c(C(=O)NCc3ccccc3-c3ncccn3)n(-c3ccc4c(c3)nnn4CC(F)(F)F)c2=O)CN1C(=O)c1ccc(Br)c(C(F)(F)F)c1. The number of halogens is 7. The van der Waals surface area contributed by atoms with Crippen LogP contribution in [0, 0.1) is 0 Å². The number of carbonyl (C=O) groups is 2. The molecule has 2 amide bonds. The molecule has 0 saturated carbocycles. The van der Waals surface area contributed by atoms with Crippen LogP contribution >= 0.6 is 15.9 Å². The maximum absolute atomic E-state index is 14.3. The Morgan fingerprint density at radius 1 is 0.963 bits per heavy atom. The Kier molecular flexibility index (Phi) is 9.36. The highest BCUT2D eigenvalue weighted by atomic mass is 79.9. The average Bonchev–Trinajstić information content (AvgIpc) is 3.65. The minimum Gasteiger partial charge on any atom is -0.347 e. The fourth-order valence-corrected chi connectivity index (χ4v) is 6.85. The van der Waals surface area contributed by atoms with Gasteiger partial charge in [-0.05, 0) is 55.0 Å². The van der Waals surface area contributed by atoms with E-state index in [0.717, 1.165) is 16.7 Å². The van der Waals surface area contributed by atoms with Crippen molar-refractivity contribution in [3.63, 3.8) is 0 Å². The maximum atomic E-state index is 14.3. The van der Waals surface area contributed by atoms with Crippen molar-refractivity contribution < 1.29 is 35.9 Å². The van der Waals surface area contributed by atoms with E-state index in [-0.39, 0.29) is 57.8 Å². The zero-order valence-corrected chi connectivity index (χ0v) is 29.4. The number of nitrogens with one attached hydrogen (secondary N) is 1. The first-order valence-electron chi connectivity index (χ1n) is 16.2. The Hall–Kier alpha value is -5.85. The molecule has 1 aliphatic heterocycles. The number of aromatic nitrogens is 7. The summed E-state index contributed by atoms with van der Waals surface area (Å²) >= 11 is 2.88. The van der Waals surface area contributed by atoms with E-state index in [1.54, 1.807) is 49.6 Å². The molecule has 278 valence electrons. The van der Waals surface area contributed by atoms with Gasteiger partial charge in [0.25, 0.3) is 11.8 Å². The summed E-state index contributed by atoms with van der Waals surface area (Å²) in [6.07, 6.45) is -6.21. The minimum atomic E-state index is -4.75. The van der Waals surface area contributed by atoms with E-state index >= 15 is 0 Å². The Morgan fingerprint density at radius 3 is 2.43 bits per heavy atom. The predicted molar refractivity (Wildman–Crippen MR) is 184 cm³/mol. The normalized spacial score (nSPS) is 14.7. The lowest BCUT2D eigenvalue weighted by molar-refractivity contribution is -0.142. The summed E-state index contributed by atoms with van der Waals surface area (Å²) in [5, 5.41) is 10.3. The van der Waals surface area contributed by atoms with Crippen molar-refractivity contribution in [2.45, 2.75) is 51.5 Å². The summed E-state index contributed by atoms with van der Waals surface area (Å²) in [5.41, 5.74) is -0.764. The first-order valence-corrected chi connectivity index (χ1v) is 17.0. The van der Waals surface area contributed by atoms with Gasteiger partial charge in [0, 0.05) is 47.1 Å². The lowest BCUT2D eigenvalue weighted by Gasteiger charge is -2.34. The number of rotatable bonds is 7. The van der Waals surface area contributed by atoms with Crippen LogP contribution in [0.2, 0.25) is 0 Å². The third-order valence-corrected chi connectivity index (χ3v) is 9.58. The summed E-state index contributed by atoms with van der Waals surface area (Å²) in [6.45, 7) is -0.331. The monoisotopic (exact) mass is 813 g/mol. The maximum Gasteiger partial charge on any atom is 0.417 e. The predicted octanol–water partition coefficient (Wildman–Crippen LogP) is 6.16. The van der Waals surface area contributed by atoms with Crippen molar-refractivity contribution in [3.05, 3.63) is 122 Å². The zero-order chi connectivity index (χ0) is 38.5. The molecule has 3 aromatic heterocycles. The summed E-state index contributed by atoms with van der Waals surface area (Å²) in [5.74, 6) is -1.12. The molecule has 0 bridgehead atoms. The Labute approximate surface area is 309 Å². The molecular formula is C35H26BrF6N9O3. The van der Waals surface area contributed by atoms with Crippen molar-refractivity contribution in [2.75, 3.05) is 0 Å². The van der Waals surface area contributed by atoms with Gasteiger partial charge in [-0.15, -0.1) is 5.10 Å². The van der Waals surface area contributed by atoms with Crippen LogP contribution in [0.5, 0.6) is 0 Å². The summed E-state index contributed by atoms with van der Waals surface area (Å²) in [6, 6.07) is 15.0. The van der Waals surface area contributed by atoms with Gasteiger partial charge in [-0.1, -0.05) is 45.4 Å². The van der Waals surface area contributed by atoms with E-state index in [1.807, 2.05) is 0 Å². The molecule has 12 nitrogen and oxygen atoms in total. The highest BCUT2D eigenvalue weighted by Crippen LogP contribution is 2.36. The van der Waals surface area contributed by atoms with Crippen LogP contribution in [-0.2, 0) is 32.4 Å². The fourth-order valence-electron chi connectivity index (χ4n) is 6.38. The molecule has 0 fully saturated rings. The third-order valence-electron chi connectivity index (χ3n) is 8.89.